The van der Waals surface area contributed by atoms with Crippen LogP contribution in [0.1, 0.15) is 46.0 Å². The van der Waals surface area contributed by atoms with Gasteiger partial charge < -0.3 is 9.84 Å². The van der Waals surface area contributed by atoms with Crippen molar-refractivity contribution >= 4 is 0 Å². The van der Waals surface area contributed by atoms with Crippen molar-refractivity contribution in [3.8, 4) is 0 Å². The van der Waals surface area contributed by atoms with Gasteiger partial charge in [0.1, 0.15) is 0 Å². The highest BCUT2D eigenvalue weighted by atomic mass is 16.6. The van der Waals surface area contributed by atoms with Gasteiger partial charge in [-0.1, -0.05) is 25.0 Å². The van der Waals surface area contributed by atoms with Crippen molar-refractivity contribution in [2.75, 3.05) is 26.2 Å². The Morgan fingerprint density at radius 1 is 1.32 bits per heavy atom. The third-order valence-corrected chi connectivity index (χ3v) is 4.51. The van der Waals surface area contributed by atoms with Crippen LogP contribution in [-0.2, 0) is 4.74 Å². The first-order valence-electron chi connectivity index (χ1n) is 7.85. The summed E-state index contributed by atoms with van der Waals surface area (Å²) in [5.41, 5.74) is 1.43. The van der Waals surface area contributed by atoms with E-state index in [1.165, 1.54) is 37.7 Å². The molecule has 2 aliphatic rings. The van der Waals surface area contributed by atoms with E-state index in [0.717, 1.165) is 13.1 Å². The number of β-amino-alcohol motifs (C(OH)–C–C–N with tert-alkyl or cyclic N) is 1. The molecule has 0 amide bonds. The molecule has 3 heteroatoms. The lowest BCUT2D eigenvalue weighted by Gasteiger charge is -2.30. The van der Waals surface area contributed by atoms with Gasteiger partial charge in [0.2, 0.25) is 0 Å². The molecule has 1 heterocycles. The Hall–Kier alpha value is -0.380. The molecule has 1 aliphatic heterocycles. The van der Waals surface area contributed by atoms with Crippen LogP contribution in [0.25, 0.3) is 0 Å². The molecule has 0 radical (unpaired) electrons. The fraction of sp³-hybridized carbons (Fsp3) is 0.875. The Bertz CT molecular complexity index is 297. The minimum absolute atomic E-state index is 0.507. The van der Waals surface area contributed by atoms with Crippen molar-refractivity contribution in [1.29, 1.82) is 0 Å². The maximum Gasteiger partial charge on any atom is 0.167 e. The molecule has 2 rings (SSSR count). The van der Waals surface area contributed by atoms with Crippen LogP contribution in [-0.4, -0.2) is 42.5 Å². The molecular weight excluding hydrogens is 238 g/mol. The van der Waals surface area contributed by atoms with E-state index in [4.69, 9.17) is 4.74 Å². The molecule has 0 spiro atoms. The monoisotopic (exact) mass is 267 g/mol. The number of hydrogen-bond donors (Lipinski definition) is 1. The van der Waals surface area contributed by atoms with E-state index in [1.54, 1.807) is 0 Å². The van der Waals surface area contributed by atoms with Gasteiger partial charge in [-0.15, -0.1) is 0 Å². The van der Waals surface area contributed by atoms with Gasteiger partial charge in [-0.3, -0.25) is 4.90 Å². The van der Waals surface area contributed by atoms with Crippen molar-refractivity contribution in [1.82, 2.24) is 4.90 Å². The molecule has 3 unspecified atom stereocenters. The van der Waals surface area contributed by atoms with E-state index in [-0.39, 0.29) is 0 Å². The second-order valence-electron chi connectivity index (χ2n) is 6.31. The Kier molecular flexibility index (Phi) is 5.86. The number of piperidine rings is 1. The number of ether oxygens (including phenoxy) is 1. The maximum atomic E-state index is 9.99. The average molecular weight is 267 g/mol. The van der Waals surface area contributed by atoms with Crippen LogP contribution in [0.4, 0.5) is 0 Å². The van der Waals surface area contributed by atoms with Crippen molar-refractivity contribution < 1.29 is 9.84 Å². The molecule has 1 aliphatic carbocycles. The van der Waals surface area contributed by atoms with E-state index in [2.05, 4.69) is 24.8 Å². The molecule has 110 valence electrons. The summed E-state index contributed by atoms with van der Waals surface area (Å²) in [5.74, 6) is 1.21. The van der Waals surface area contributed by atoms with Gasteiger partial charge in [-0.05, 0) is 51.6 Å². The largest absolute Gasteiger partial charge is 0.367 e. The Labute approximate surface area is 117 Å². The molecule has 1 saturated heterocycles. The predicted octanol–water partition coefficient (Wildman–Crippen LogP) is 2.80. The Balaban J connectivity index is 1.68. The van der Waals surface area contributed by atoms with Gasteiger partial charge in [0.05, 0.1) is 6.61 Å². The SMILES string of the molecule is CC1=CC(C)CCC1COC(O)CN1CCCCC1. The fourth-order valence-corrected chi connectivity index (χ4v) is 3.22. The Morgan fingerprint density at radius 2 is 2.05 bits per heavy atom. The smallest absolute Gasteiger partial charge is 0.167 e. The van der Waals surface area contributed by atoms with Crippen LogP contribution in [0.15, 0.2) is 11.6 Å². The van der Waals surface area contributed by atoms with Crippen molar-refractivity contribution in [2.45, 2.75) is 52.2 Å². The molecule has 1 N–H and O–H groups in total. The topological polar surface area (TPSA) is 32.7 Å². The second-order valence-corrected chi connectivity index (χ2v) is 6.31. The number of rotatable bonds is 5. The van der Waals surface area contributed by atoms with Gasteiger partial charge in [0, 0.05) is 12.5 Å². The van der Waals surface area contributed by atoms with Crippen LogP contribution < -0.4 is 0 Å². The lowest BCUT2D eigenvalue weighted by atomic mass is 9.84. The van der Waals surface area contributed by atoms with Crippen LogP contribution in [0.5, 0.6) is 0 Å². The summed E-state index contributed by atoms with van der Waals surface area (Å²) in [7, 11) is 0. The predicted molar refractivity (Wildman–Crippen MR) is 77.9 cm³/mol. The normalized spacial score (nSPS) is 31.0. The van der Waals surface area contributed by atoms with Crippen molar-refractivity contribution in [3.05, 3.63) is 11.6 Å². The van der Waals surface area contributed by atoms with E-state index in [0.29, 0.717) is 25.0 Å². The average Bonchev–Trinajstić information content (AvgIpc) is 2.39. The first kappa shape index (κ1) is 15.0. The summed E-state index contributed by atoms with van der Waals surface area (Å²) < 4.78 is 5.66. The minimum atomic E-state index is -0.620. The summed E-state index contributed by atoms with van der Waals surface area (Å²) in [6.45, 7) is 8.03. The highest BCUT2D eigenvalue weighted by molar-refractivity contribution is 5.08. The van der Waals surface area contributed by atoms with Crippen molar-refractivity contribution in [2.24, 2.45) is 11.8 Å². The van der Waals surface area contributed by atoms with Crippen LogP contribution >= 0.6 is 0 Å². The van der Waals surface area contributed by atoms with E-state index in [1.807, 2.05) is 0 Å². The fourth-order valence-electron chi connectivity index (χ4n) is 3.22. The van der Waals surface area contributed by atoms with Gasteiger partial charge in [0.15, 0.2) is 6.29 Å². The third-order valence-electron chi connectivity index (χ3n) is 4.51. The van der Waals surface area contributed by atoms with Crippen LogP contribution in [0.2, 0.25) is 0 Å². The summed E-state index contributed by atoms with van der Waals surface area (Å²) in [6, 6.07) is 0. The number of allylic oxidation sites excluding steroid dienone is 1. The lowest BCUT2D eigenvalue weighted by Crippen LogP contribution is -2.38. The molecule has 0 aromatic rings. The zero-order chi connectivity index (χ0) is 13.7. The zero-order valence-corrected chi connectivity index (χ0v) is 12.5. The highest BCUT2D eigenvalue weighted by Crippen LogP contribution is 2.28. The van der Waals surface area contributed by atoms with Gasteiger partial charge >= 0.3 is 0 Å². The number of aliphatic hydroxyl groups is 1. The first-order valence-corrected chi connectivity index (χ1v) is 7.85. The van der Waals surface area contributed by atoms with Gasteiger partial charge in [0.25, 0.3) is 0 Å². The van der Waals surface area contributed by atoms with E-state index < -0.39 is 6.29 Å². The van der Waals surface area contributed by atoms with Gasteiger partial charge in [-0.25, -0.2) is 0 Å². The summed E-state index contributed by atoms with van der Waals surface area (Å²) >= 11 is 0. The van der Waals surface area contributed by atoms with Crippen LogP contribution in [0, 0.1) is 11.8 Å². The molecule has 0 saturated carbocycles. The number of aliphatic hydroxyl groups excluding tert-OH is 1. The Morgan fingerprint density at radius 3 is 2.74 bits per heavy atom. The zero-order valence-electron chi connectivity index (χ0n) is 12.5. The summed E-state index contributed by atoms with van der Waals surface area (Å²) in [5, 5.41) is 9.99. The summed E-state index contributed by atoms with van der Waals surface area (Å²) in [6.07, 6.45) is 8.02. The minimum Gasteiger partial charge on any atom is -0.367 e. The van der Waals surface area contributed by atoms with Crippen LogP contribution in [0.3, 0.4) is 0 Å². The van der Waals surface area contributed by atoms with Crippen molar-refractivity contribution in [3.63, 3.8) is 0 Å². The first-order chi connectivity index (χ1) is 9.15. The number of nitrogens with zero attached hydrogens (tertiary/aromatic N) is 1. The molecular formula is C16H29NO2. The third kappa shape index (κ3) is 4.90. The maximum absolute atomic E-state index is 9.99. The molecule has 3 atom stereocenters. The van der Waals surface area contributed by atoms with Gasteiger partial charge in [-0.2, -0.15) is 0 Å². The number of likely N-dealkylation sites (tertiary alicyclic amines) is 1. The molecule has 0 aromatic heterocycles. The summed E-state index contributed by atoms with van der Waals surface area (Å²) in [4.78, 5) is 2.32. The lowest BCUT2D eigenvalue weighted by molar-refractivity contribution is -0.122. The number of hydrogen-bond acceptors (Lipinski definition) is 3. The van der Waals surface area contributed by atoms with E-state index >= 15 is 0 Å². The quantitative estimate of drug-likeness (QED) is 0.614. The molecule has 19 heavy (non-hydrogen) atoms. The van der Waals surface area contributed by atoms with E-state index in [9.17, 15) is 5.11 Å². The standard InChI is InChI=1S/C16H29NO2/c1-13-6-7-15(14(2)10-13)12-19-16(18)11-17-8-4-3-5-9-17/h10,13,15-16,18H,3-9,11-12H2,1-2H3. The second kappa shape index (κ2) is 7.41. The highest BCUT2D eigenvalue weighted by Gasteiger charge is 2.20. The molecule has 0 aromatic carbocycles. The molecule has 1 fully saturated rings. The molecule has 0 bridgehead atoms. The molecule has 3 nitrogen and oxygen atoms in total.